The summed E-state index contributed by atoms with van der Waals surface area (Å²) < 4.78 is 1.23. The predicted molar refractivity (Wildman–Crippen MR) is 81.8 cm³/mol. The SMILES string of the molecule is CC(C)NCC(C)(Cc1ccc(Br)s1)C(C)C. The van der Waals surface area contributed by atoms with Gasteiger partial charge in [0.1, 0.15) is 0 Å². The zero-order chi connectivity index (χ0) is 13.1. The van der Waals surface area contributed by atoms with E-state index in [0.717, 1.165) is 13.0 Å². The Kier molecular flexibility index (Phi) is 5.68. The van der Waals surface area contributed by atoms with Gasteiger partial charge in [-0.2, -0.15) is 0 Å². The summed E-state index contributed by atoms with van der Waals surface area (Å²) in [5, 5.41) is 3.59. The lowest BCUT2D eigenvalue weighted by atomic mass is 9.75. The van der Waals surface area contributed by atoms with E-state index < -0.39 is 0 Å². The number of rotatable bonds is 6. The van der Waals surface area contributed by atoms with Crippen LogP contribution in [0.5, 0.6) is 0 Å². The van der Waals surface area contributed by atoms with E-state index in [1.165, 1.54) is 8.66 Å². The van der Waals surface area contributed by atoms with Gasteiger partial charge in [0.15, 0.2) is 0 Å². The molecule has 1 atom stereocenters. The number of thiophene rings is 1. The van der Waals surface area contributed by atoms with Gasteiger partial charge in [0, 0.05) is 17.5 Å². The van der Waals surface area contributed by atoms with Gasteiger partial charge >= 0.3 is 0 Å². The quantitative estimate of drug-likeness (QED) is 0.801. The van der Waals surface area contributed by atoms with E-state index in [-0.39, 0.29) is 0 Å². The van der Waals surface area contributed by atoms with Crippen molar-refractivity contribution < 1.29 is 0 Å². The van der Waals surface area contributed by atoms with Crippen molar-refractivity contribution in [2.45, 2.75) is 47.1 Å². The van der Waals surface area contributed by atoms with Crippen LogP contribution in [0.1, 0.15) is 39.5 Å². The molecule has 0 aliphatic heterocycles. The molecule has 1 aromatic rings. The van der Waals surface area contributed by atoms with Crippen LogP contribution in [0.15, 0.2) is 15.9 Å². The highest BCUT2D eigenvalue weighted by molar-refractivity contribution is 9.11. The van der Waals surface area contributed by atoms with E-state index in [1.807, 2.05) is 11.3 Å². The Balaban J connectivity index is 2.70. The lowest BCUT2D eigenvalue weighted by molar-refractivity contribution is 0.203. The Hall–Kier alpha value is 0.140. The van der Waals surface area contributed by atoms with Crippen molar-refractivity contribution >= 4 is 27.3 Å². The first-order valence-electron chi connectivity index (χ1n) is 6.31. The highest BCUT2D eigenvalue weighted by Gasteiger charge is 2.29. The van der Waals surface area contributed by atoms with Crippen molar-refractivity contribution in [1.29, 1.82) is 0 Å². The predicted octanol–water partition coefficient (Wildman–Crippen LogP) is 4.71. The van der Waals surface area contributed by atoms with Gasteiger partial charge in [-0.3, -0.25) is 0 Å². The van der Waals surface area contributed by atoms with Gasteiger partial charge < -0.3 is 5.32 Å². The normalized spacial score (nSPS) is 15.5. The smallest absolute Gasteiger partial charge is 0.0701 e. The van der Waals surface area contributed by atoms with E-state index >= 15 is 0 Å². The summed E-state index contributed by atoms with van der Waals surface area (Å²) in [4.78, 5) is 1.47. The van der Waals surface area contributed by atoms with Crippen LogP contribution in [0.25, 0.3) is 0 Å². The molecule has 0 aliphatic rings. The Morgan fingerprint density at radius 1 is 1.29 bits per heavy atom. The maximum atomic E-state index is 3.59. The molecular formula is C14H24BrNS. The number of nitrogens with one attached hydrogen (secondary N) is 1. The minimum atomic E-state index is 0.328. The number of hydrogen-bond acceptors (Lipinski definition) is 2. The van der Waals surface area contributed by atoms with Crippen molar-refractivity contribution in [3.05, 3.63) is 20.8 Å². The molecule has 98 valence electrons. The molecule has 1 rings (SSSR count). The zero-order valence-electron chi connectivity index (χ0n) is 11.5. The van der Waals surface area contributed by atoms with Gasteiger partial charge in [-0.05, 0) is 45.8 Å². The Morgan fingerprint density at radius 2 is 1.94 bits per heavy atom. The van der Waals surface area contributed by atoms with Crippen LogP contribution < -0.4 is 5.32 Å². The monoisotopic (exact) mass is 317 g/mol. The fourth-order valence-corrected chi connectivity index (χ4v) is 3.43. The Morgan fingerprint density at radius 3 is 2.35 bits per heavy atom. The molecule has 0 bridgehead atoms. The molecule has 0 aliphatic carbocycles. The lowest BCUT2D eigenvalue weighted by Crippen LogP contribution is -2.40. The van der Waals surface area contributed by atoms with Crippen molar-refractivity contribution in [2.24, 2.45) is 11.3 Å². The summed E-state index contributed by atoms with van der Waals surface area (Å²) in [5.74, 6) is 0.676. The van der Waals surface area contributed by atoms with Crippen LogP contribution in [-0.4, -0.2) is 12.6 Å². The third-order valence-corrected chi connectivity index (χ3v) is 5.14. The fraction of sp³-hybridized carbons (Fsp3) is 0.714. The average Bonchev–Trinajstić information content (AvgIpc) is 2.60. The van der Waals surface area contributed by atoms with Gasteiger partial charge in [0.05, 0.1) is 3.79 Å². The zero-order valence-corrected chi connectivity index (χ0v) is 13.9. The van der Waals surface area contributed by atoms with Crippen molar-refractivity contribution in [2.75, 3.05) is 6.54 Å². The minimum Gasteiger partial charge on any atom is -0.314 e. The molecule has 1 heterocycles. The van der Waals surface area contributed by atoms with Crippen LogP contribution in [0, 0.1) is 11.3 Å². The molecule has 1 aromatic heterocycles. The summed E-state index contributed by atoms with van der Waals surface area (Å²) in [5.41, 5.74) is 0.328. The topological polar surface area (TPSA) is 12.0 Å². The first-order valence-corrected chi connectivity index (χ1v) is 7.92. The van der Waals surface area contributed by atoms with Crippen LogP contribution in [0.2, 0.25) is 0 Å². The third-order valence-electron chi connectivity index (χ3n) is 3.51. The van der Waals surface area contributed by atoms with E-state index in [2.05, 4.69) is 68.0 Å². The van der Waals surface area contributed by atoms with Gasteiger partial charge in [-0.15, -0.1) is 11.3 Å². The third kappa shape index (κ3) is 4.72. The summed E-state index contributed by atoms with van der Waals surface area (Å²) in [6, 6.07) is 4.95. The van der Waals surface area contributed by atoms with E-state index in [9.17, 15) is 0 Å². The summed E-state index contributed by atoms with van der Waals surface area (Å²) in [6.45, 7) is 12.5. The van der Waals surface area contributed by atoms with E-state index in [4.69, 9.17) is 0 Å². The molecule has 0 aromatic carbocycles. The highest BCUT2D eigenvalue weighted by Crippen LogP contribution is 2.34. The molecular weight excluding hydrogens is 294 g/mol. The largest absolute Gasteiger partial charge is 0.314 e. The molecule has 3 heteroatoms. The summed E-state index contributed by atoms with van der Waals surface area (Å²) in [6.07, 6.45) is 1.15. The van der Waals surface area contributed by atoms with Crippen LogP contribution >= 0.6 is 27.3 Å². The molecule has 0 saturated heterocycles. The summed E-state index contributed by atoms with van der Waals surface area (Å²) >= 11 is 5.40. The standard InChI is InChI=1S/C14H24BrNS/c1-10(2)14(5,9-16-11(3)4)8-12-6-7-13(15)17-12/h6-7,10-11,16H,8-9H2,1-5H3. The van der Waals surface area contributed by atoms with Crippen LogP contribution in [-0.2, 0) is 6.42 Å². The van der Waals surface area contributed by atoms with Crippen molar-refractivity contribution in [1.82, 2.24) is 5.32 Å². The second kappa shape index (κ2) is 6.35. The lowest BCUT2D eigenvalue weighted by Gasteiger charge is -2.34. The van der Waals surface area contributed by atoms with Crippen LogP contribution in [0.4, 0.5) is 0 Å². The molecule has 17 heavy (non-hydrogen) atoms. The molecule has 1 nitrogen and oxygen atoms in total. The second-order valence-electron chi connectivity index (χ2n) is 5.73. The number of hydrogen-bond donors (Lipinski definition) is 1. The fourth-order valence-electron chi connectivity index (χ4n) is 1.75. The summed E-state index contributed by atoms with van der Waals surface area (Å²) in [7, 11) is 0. The maximum Gasteiger partial charge on any atom is 0.0701 e. The molecule has 1 unspecified atom stereocenters. The van der Waals surface area contributed by atoms with E-state index in [1.54, 1.807) is 0 Å². The molecule has 0 saturated carbocycles. The maximum absolute atomic E-state index is 3.59. The highest BCUT2D eigenvalue weighted by atomic mass is 79.9. The van der Waals surface area contributed by atoms with Gasteiger partial charge in [-0.1, -0.05) is 34.6 Å². The van der Waals surface area contributed by atoms with Gasteiger partial charge in [0.2, 0.25) is 0 Å². The molecule has 0 amide bonds. The average molecular weight is 318 g/mol. The molecule has 1 N–H and O–H groups in total. The van der Waals surface area contributed by atoms with Crippen LogP contribution in [0.3, 0.4) is 0 Å². The Bertz CT molecular complexity index is 346. The Labute approximate surface area is 118 Å². The first kappa shape index (κ1) is 15.2. The first-order chi connectivity index (χ1) is 7.83. The minimum absolute atomic E-state index is 0.328. The molecule has 0 spiro atoms. The number of halogens is 1. The van der Waals surface area contributed by atoms with Crippen molar-refractivity contribution in [3.8, 4) is 0 Å². The van der Waals surface area contributed by atoms with Gasteiger partial charge in [0.25, 0.3) is 0 Å². The molecule has 0 fully saturated rings. The molecule has 0 radical (unpaired) electrons. The van der Waals surface area contributed by atoms with E-state index in [0.29, 0.717) is 17.4 Å². The van der Waals surface area contributed by atoms with Gasteiger partial charge in [-0.25, -0.2) is 0 Å². The second-order valence-corrected chi connectivity index (χ2v) is 8.27. The van der Waals surface area contributed by atoms with Crippen molar-refractivity contribution in [3.63, 3.8) is 0 Å².